The zero-order valence-electron chi connectivity index (χ0n) is 38.1. The molecule has 0 radical (unpaired) electrons. The number of benzene rings is 3. The van der Waals surface area contributed by atoms with E-state index in [1.54, 1.807) is 16.5 Å². The quantitative estimate of drug-likeness (QED) is 0.108. The van der Waals surface area contributed by atoms with E-state index in [1.165, 1.54) is 4.57 Å². The standard InChI is InChI=1S/C51H62N8O8/c1-57-42-29-34(18-22-39(42)59(51(57)67)41-24-27-45(62)55-49(41)65)31-15-12-30(13-16-31)14-25-43(60)35-17-19-36-20-23-40(58(36)50(66)37(52)28-35)48(64)54-38(21-26-44(53)61)47(63)56-46(32-8-4-2-5-9-32)33-10-6-3-7-11-33/h2-11,18,22,29-31,35-38,40-41,46H,12-17,19-21,23-28,52H2,1H3,(H2,53,61)(H,54,64)(H,56,63)(H,55,62,65)/t30?,31?,35?,36-,37-,38-,40-,41?/m0/s1. The fourth-order valence-electron chi connectivity index (χ4n) is 11.1. The van der Waals surface area contributed by atoms with E-state index < -0.39 is 53.8 Å². The van der Waals surface area contributed by atoms with Gasteiger partial charge in [0.25, 0.3) is 0 Å². The van der Waals surface area contributed by atoms with E-state index in [-0.39, 0.29) is 67.4 Å². The molecule has 1 saturated carbocycles. The Bertz CT molecular complexity index is 2530. The Morgan fingerprint density at radius 3 is 2.10 bits per heavy atom. The van der Waals surface area contributed by atoms with Crippen molar-refractivity contribution in [2.45, 2.75) is 138 Å². The van der Waals surface area contributed by atoms with Crippen LogP contribution in [0.4, 0.5) is 0 Å². The smallest absolute Gasteiger partial charge is 0.329 e. The maximum atomic E-state index is 14.1. The Morgan fingerprint density at radius 1 is 0.776 bits per heavy atom. The number of nitrogens with two attached hydrogens (primary N) is 2. The molecule has 4 aliphatic rings. The first-order valence-electron chi connectivity index (χ1n) is 23.9. The van der Waals surface area contributed by atoms with Crippen LogP contribution in [0.1, 0.15) is 131 Å². The molecule has 67 heavy (non-hydrogen) atoms. The number of piperidine rings is 1. The van der Waals surface area contributed by atoms with Gasteiger partial charge in [-0.3, -0.25) is 48.0 Å². The van der Waals surface area contributed by atoms with Gasteiger partial charge in [0.05, 0.1) is 23.1 Å². The van der Waals surface area contributed by atoms with E-state index in [4.69, 9.17) is 11.5 Å². The fraction of sp³-hybridized carbons (Fsp3) is 0.490. The number of carbonyl (C=O) groups is 7. The summed E-state index contributed by atoms with van der Waals surface area (Å²) in [7, 11) is 1.70. The number of nitrogens with zero attached hydrogens (tertiary/aromatic N) is 3. The van der Waals surface area contributed by atoms with Gasteiger partial charge in [-0.15, -0.1) is 0 Å². The molecule has 16 nitrogen and oxygen atoms in total. The summed E-state index contributed by atoms with van der Waals surface area (Å²) >= 11 is 0. The summed E-state index contributed by atoms with van der Waals surface area (Å²) in [5.74, 6) is -2.33. The van der Waals surface area contributed by atoms with Crippen molar-refractivity contribution < 1.29 is 33.6 Å². The second-order valence-electron chi connectivity index (χ2n) is 19.1. The van der Waals surface area contributed by atoms with Crippen molar-refractivity contribution in [3.63, 3.8) is 0 Å². The molecule has 8 rings (SSSR count). The highest BCUT2D eigenvalue weighted by molar-refractivity contribution is 6.00. The van der Waals surface area contributed by atoms with Crippen LogP contribution in [0.2, 0.25) is 0 Å². The highest BCUT2D eigenvalue weighted by Crippen LogP contribution is 2.40. The molecule has 4 fully saturated rings. The number of amides is 6. The van der Waals surface area contributed by atoms with E-state index in [2.05, 4.69) is 16.0 Å². The van der Waals surface area contributed by atoms with Gasteiger partial charge in [0.15, 0.2) is 0 Å². The van der Waals surface area contributed by atoms with Crippen molar-refractivity contribution >= 4 is 52.3 Å². The van der Waals surface area contributed by atoms with Crippen LogP contribution in [-0.4, -0.2) is 79.4 Å². The number of carbonyl (C=O) groups excluding carboxylic acids is 7. The van der Waals surface area contributed by atoms with Crippen molar-refractivity contribution in [2.24, 2.45) is 30.4 Å². The lowest BCUT2D eigenvalue weighted by atomic mass is 9.76. The number of aryl methyl sites for hydroxylation is 1. The van der Waals surface area contributed by atoms with E-state index in [1.807, 2.05) is 78.9 Å². The third-order valence-electron chi connectivity index (χ3n) is 14.8. The second-order valence-corrected chi connectivity index (χ2v) is 19.1. The zero-order valence-corrected chi connectivity index (χ0v) is 38.1. The largest absolute Gasteiger partial charge is 0.370 e. The third-order valence-corrected chi connectivity index (χ3v) is 14.8. The Labute approximate surface area is 389 Å². The first-order valence-corrected chi connectivity index (χ1v) is 23.9. The van der Waals surface area contributed by atoms with Crippen molar-refractivity contribution in [2.75, 3.05) is 0 Å². The Hall–Kier alpha value is -6.42. The topological polar surface area (TPSA) is 238 Å². The average Bonchev–Trinajstić information content (AvgIpc) is 3.86. The lowest BCUT2D eigenvalue weighted by Gasteiger charge is -2.36. The van der Waals surface area contributed by atoms with Gasteiger partial charge in [0.1, 0.15) is 23.9 Å². The van der Waals surface area contributed by atoms with Gasteiger partial charge in [-0.25, -0.2) is 4.79 Å². The van der Waals surface area contributed by atoms with E-state index in [0.29, 0.717) is 49.5 Å². The molecule has 2 unspecified atom stereocenters. The van der Waals surface area contributed by atoms with Crippen molar-refractivity contribution in [1.29, 1.82) is 0 Å². The lowest BCUT2D eigenvalue weighted by molar-refractivity contribution is -0.143. The monoisotopic (exact) mass is 914 g/mol. The Morgan fingerprint density at radius 2 is 1.45 bits per heavy atom. The number of primary amides is 1. The Balaban J connectivity index is 0.845. The number of aromatic nitrogens is 2. The van der Waals surface area contributed by atoms with Crippen LogP contribution in [0.15, 0.2) is 83.7 Å². The molecule has 7 N–H and O–H groups in total. The first-order chi connectivity index (χ1) is 32.3. The molecule has 16 heteroatoms. The highest BCUT2D eigenvalue weighted by Gasteiger charge is 2.45. The second kappa shape index (κ2) is 20.6. The van der Waals surface area contributed by atoms with Gasteiger partial charge in [0.2, 0.25) is 35.4 Å². The number of imide groups is 1. The lowest BCUT2D eigenvalue weighted by Crippen LogP contribution is -2.58. The van der Waals surface area contributed by atoms with E-state index >= 15 is 0 Å². The summed E-state index contributed by atoms with van der Waals surface area (Å²) in [5.41, 5.74) is 16.0. The number of hydrogen-bond acceptors (Lipinski definition) is 9. The van der Waals surface area contributed by atoms with Crippen molar-refractivity contribution in [1.82, 2.24) is 30.0 Å². The van der Waals surface area contributed by atoms with Crippen LogP contribution in [0.25, 0.3) is 11.0 Å². The number of fused-ring (bicyclic) bond motifs is 2. The number of imidazole rings is 1. The SMILES string of the molecule is Cn1c(=O)n(C2CCC(=O)NC2=O)c2ccc(C3CCC(CCC(=O)C4CC[C@H]5CC[C@@H](C(=O)N[C@@H](CCC(N)=O)C(=O)NC(c6ccccc6)c6ccccc6)N5C(=O)[C@@H](N)C4)CC3)cc21. The molecular weight excluding hydrogens is 853 g/mol. The molecule has 3 aromatic carbocycles. The Kier molecular flexibility index (Phi) is 14.5. The van der Waals surface area contributed by atoms with Gasteiger partial charge in [-0.05, 0) is 118 Å². The van der Waals surface area contributed by atoms with Crippen LogP contribution in [0.5, 0.6) is 0 Å². The molecule has 3 aliphatic heterocycles. The van der Waals surface area contributed by atoms with E-state index in [0.717, 1.165) is 54.3 Å². The normalized spacial score (nSPS) is 24.9. The molecule has 1 aliphatic carbocycles. The van der Waals surface area contributed by atoms with Gasteiger partial charge in [-0.1, -0.05) is 66.7 Å². The minimum atomic E-state index is -1.10. The van der Waals surface area contributed by atoms with Crippen molar-refractivity contribution in [3.8, 4) is 0 Å². The van der Waals surface area contributed by atoms with Gasteiger partial charge in [-0.2, -0.15) is 0 Å². The molecule has 3 saturated heterocycles. The minimum Gasteiger partial charge on any atom is -0.370 e. The number of ketones is 1. The molecule has 354 valence electrons. The van der Waals surface area contributed by atoms with Crippen LogP contribution in [0.3, 0.4) is 0 Å². The number of rotatable bonds is 15. The van der Waals surface area contributed by atoms with Gasteiger partial charge < -0.3 is 27.0 Å². The maximum Gasteiger partial charge on any atom is 0.329 e. The number of nitrogens with one attached hydrogen (secondary N) is 3. The number of hydrogen-bond donors (Lipinski definition) is 5. The molecule has 0 spiro atoms. The van der Waals surface area contributed by atoms with Crippen LogP contribution in [-0.2, 0) is 40.6 Å². The summed E-state index contributed by atoms with van der Waals surface area (Å²) in [6.45, 7) is 0. The molecule has 4 heterocycles. The summed E-state index contributed by atoms with van der Waals surface area (Å²) in [5, 5.41) is 8.28. The molecule has 6 amide bonds. The molecule has 1 aromatic heterocycles. The molecule has 6 atom stereocenters. The first kappa shape index (κ1) is 47.1. The summed E-state index contributed by atoms with van der Waals surface area (Å²) in [6.07, 6.45) is 7.51. The fourth-order valence-corrected chi connectivity index (χ4v) is 11.1. The molecule has 0 bridgehead atoms. The molecule has 4 aromatic rings. The third kappa shape index (κ3) is 10.4. The van der Waals surface area contributed by atoms with Crippen LogP contribution >= 0.6 is 0 Å². The maximum absolute atomic E-state index is 14.1. The minimum absolute atomic E-state index is 0.0255. The van der Waals surface area contributed by atoms with Crippen LogP contribution in [0, 0.1) is 11.8 Å². The highest BCUT2D eigenvalue weighted by atomic mass is 16.2. The zero-order chi connectivity index (χ0) is 47.4. The summed E-state index contributed by atoms with van der Waals surface area (Å²) < 4.78 is 3.06. The molecular formula is C51H62N8O8. The average molecular weight is 915 g/mol. The van der Waals surface area contributed by atoms with Gasteiger partial charge >= 0.3 is 5.69 Å². The summed E-state index contributed by atoms with van der Waals surface area (Å²) in [6, 6.07) is 20.4. The summed E-state index contributed by atoms with van der Waals surface area (Å²) in [4.78, 5) is 107. The van der Waals surface area contributed by atoms with E-state index in [9.17, 15) is 38.4 Å². The van der Waals surface area contributed by atoms with Crippen molar-refractivity contribution in [3.05, 3.63) is 106 Å². The van der Waals surface area contributed by atoms with Crippen LogP contribution < -0.4 is 33.1 Å². The number of Topliss-reactive ketones (excluding diaryl/α,β-unsaturated/α-hetero) is 1. The predicted octanol–water partition coefficient (Wildman–Crippen LogP) is 4.08. The predicted molar refractivity (Wildman–Crippen MR) is 250 cm³/mol. The van der Waals surface area contributed by atoms with Gasteiger partial charge in [0, 0.05) is 38.3 Å².